The maximum atomic E-state index is 13.4. The molecule has 1 N–H and O–H groups in total. The molecule has 36 heavy (non-hydrogen) atoms. The largest absolute Gasteiger partial charge is 0.445 e. The van der Waals surface area contributed by atoms with Crippen LogP contribution in [-0.4, -0.2) is 71.5 Å². The van der Waals surface area contributed by atoms with Crippen LogP contribution in [0.4, 0.5) is 4.79 Å². The number of piperazine rings is 1. The first-order valence-electron chi connectivity index (χ1n) is 14.1. The van der Waals surface area contributed by atoms with Crippen molar-refractivity contribution < 1.29 is 14.3 Å². The highest BCUT2D eigenvalue weighted by molar-refractivity contribution is 6.21. The Labute approximate surface area is 223 Å². The van der Waals surface area contributed by atoms with Gasteiger partial charge in [-0.3, -0.25) is 4.79 Å². The van der Waals surface area contributed by atoms with Crippen LogP contribution in [0.25, 0.3) is 0 Å². The molecule has 8 unspecified atom stereocenters. The van der Waals surface area contributed by atoms with Crippen molar-refractivity contribution in [2.45, 2.75) is 115 Å². The molecule has 0 aromatic heterocycles. The van der Waals surface area contributed by atoms with E-state index in [1.165, 1.54) is 12.8 Å². The van der Waals surface area contributed by atoms with Crippen LogP contribution in [0.3, 0.4) is 0 Å². The lowest BCUT2D eigenvalue weighted by atomic mass is 9.72. The molecule has 4 aliphatic rings. The van der Waals surface area contributed by atoms with Gasteiger partial charge in [0.15, 0.2) is 0 Å². The molecule has 2 amide bonds. The summed E-state index contributed by atoms with van der Waals surface area (Å²) in [5.74, 6) is 2.17. The van der Waals surface area contributed by atoms with Crippen molar-refractivity contribution in [2.24, 2.45) is 23.7 Å². The number of rotatable bonds is 5. The zero-order chi connectivity index (χ0) is 26.4. The van der Waals surface area contributed by atoms with E-state index in [2.05, 4.69) is 25.2 Å². The van der Waals surface area contributed by atoms with Gasteiger partial charge in [-0.05, 0) is 76.8 Å². The van der Waals surface area contributed by atoms with Crippen molar-refractivity contribution in [1.82, 2.24) is 15.1 Å². The van der Waals surface area contributed by atoms with Gasteiger partial charge in [0.05, 0.1) is 23.5 Å². The number of hydrogen-bond donors (Lipinski definition) is 1. The highest BCUT2D eigenvalue weighted by Gasteiger charge is 2.48. The predicted molar refractivity (Wildman–Crippen MR) is 143 cm³/mol. The summed E-state index contributed by atoms with van der Waals surface area (Å²) in [6.45, 7) is 9.60. The zero-order valence-corrected chi connectivity index (χ0v) is 23.7. The van der Waals surface area contributed by atoms with E-state index in [1.807, 2.05) is 23.8 Å². The monoisotopic (exact) mass is 522 g/mol. The maximum absolute atomic E-state index is 13.4. The van der Waals surface area contributed by atoms with Gasteiger partial charge >= 0.3 is 6.09 Å². The third kappa shape index (κ3) is 7.28. The number of halogens is 1. The molecule has 0 spiro atoms. The molecular formula is C28H47ClN4O3. The minimum atomic E-state index is -0.361. The Hall–Kier alpha value is -1.52. The summed E-state index contributed by atoms with van der Waals surface area (Å²) >= 11 is 6.48. The zero-order valence-electron chi connectivity index (χ0n) is 22.9. The fourth-order valence-electron chi connectivity index (χ4n) is 6.45. The van der Waals surface area contributed by atoms with Gasteiger partial charge < -0.3 is 19.9 Å². The Balaban J connectivity index is 0.000000819. The standard InChI is InChI=1S/C24H39ClN4O3.C4H8/c1-5-18(13-27-4)19-7-8-21-22(11-19)28(14-15(2)29(21)16(3)30)24(31)32-23-9-6-17(12-26)10-20(23)25;1-4-2-3-4/h15,17-23,27H,5-11,13-14H2,1-4H3;4H,2-3H2,1H3. The Kier molecular flexibility index (Phi) is 10.8. The molecule has 4 fully saturated rings. The smallest absolute Gasteiger partial charge is 0.410 e. The highest BCUT2D eigenvalue weighted by Crippen LogP contribution is 2.40. The molecule has 0 aromatic rings. The van der Waals surface area contributed by atoms with Crippen LogP contribution in [0.15, 0.2) is 0 Å². The van der Waals surface area contributed by atoms with Crippen molar-refractivity contribution in [3.63, 3.8) is 0 Å². The van der Waals surface area contributed by atoms with Crippen LogP contribution in [0, 0.1) is 35.0 Å². The van der Waals surface area contributed by atoms with Gasteiger partial charge in [-0.15, -0.1) is 11.6 Å². The van der Waals surface area contributed by atoms with Crippen molar-refractivity contribution in [3.05, 3.63) is 0 Å². The van der Waals surface area contributed by atoms with Crippen LogP contribution in [0.5, 0.6) is 0 Å². The number of nitrogens with zero attached hydrogens (tertiary/aromatic N) is 3. The number of alkyl halides is 1. The molecule has 8 heteroatoms. The molecule has 3 saturated carbocycles. The number of carbonyl (C=O) groups is 2. The van der Waals surface area contributed by atoms with Crippen molar-refractivity contribution in [3.8, 4) is 6.07 Å². The molecular weight excluding hydrogens is 476 g/mol. The van der Waals surface area contributed by atoms with Crippen LogP contribution in [-0.2, 0) is 9.53 Å². The summed E-state index contributed by atoms with van der Waals surface area (Å²) in [7, 11) is 1.99. The van der Waals surface area contributed by atoms with Crippen LogP contribution in [0.1, 0.15) is 85.5 Å². The number of nitriles is 1. The molecule has 0 bridgehead atoms. The van der Waals surface area contributed by atoms with Gasteiger partial charge in [0, 0.05) is 25.4 Å². The number of hydrogen-bond acceptors (Lipinski definition) is 5. The van der Waals surface area contributed by atoms with E-state index in [-0.39, 0.29) is 47.5 Å². The van der Waals surface area contributed by atoms with E-state index < -0.39 is 0 Å². The summed E-state index contributed by atoms with van der Waals surface area (Å²) in [5, 5.41) is 12.2. The second kappa shape index (κ2) is 13.3. The quantitative estimate of drug-likeness (QED) is 0.503. The Bertz CT molecular complexity index is 785. The van der Waals surface area contributed by atoms with E-state index >= 15 is 0 Å². The summed E-state index contributed by atoms with van der Waals surface area (Å²) in [6, 6.07) is 2.24. The first-order chi connectivity index (χ1) is 17.2. The second-order valence-corrected chi connectivity index (χ2v) is 12.2. The lowest BCUT2D eigenvalue weighted by Gasteiger charge is -2.54. The number of ether oxygens (including phenoxy) is 1. The number of fused-ring (bicyclic) bond motifs is 1. The third-order valence-electron chi connectivity index (χ3n) is 8.78. The van der Waals surface area contributed by atoms with E-state index in [0.717, 1.165) is 38.1 Å². The van der Waals surface area contributed by atoms with Crippen molar-refractivity contribution >= 4 is 23.6 Å². The average molecular weight is 523 g/mol. The SMILES string of the molecule is CC1CC1.CCC(CNC)C1CCC2C(C1)N(C(=O)OC1CCC(C#N)CC1Cl)CC(C)N2C(C)=O. The second-order valence-electron chi connectivity index (χ2n) is 11.6. The summed E-state index contributed by atoms with van der Waals surface area (Å²) < 4.78 is 5.93. The fraction of sp³-hybridized carbons (Fsp3) is 0.893. The lowest BCUT2D eigenvalue weighted by molar-refractivity contribution is -0.142. The Morgan fingerprint density at radius 1 is 1.11 bits per heavy atom. The summed E-state index contributed by atoms with van der Waals surface area (Å²) in [6.07, 6.45) is 8.15. The highest BCUT2D eigenvalue weighted by atomic mass is 35.5. The minimum Gasteiger partial charge on any atom is -0.445 e. The molecule has 3 aliphatic carbocycles. The van der Waals surface area contributed by atoms with Crippen LogP contribution >= 0.6 is 11.6 Å². The molecule has 204 valence electrons. The molecule has 8 atom stereocenters. The first kappa shape index (κ1) is 29.0. The molecule has 4 rings (SSSR count). The molecule has 1 aliphatic heterocycles. The molecule has 7 nitrogen and oxygen atoms in total. The van der Waals surface area contributed by atoms with Gasteiger partial charge in [-0.2, -0.15) is 5.26 Å². The lowest BCUT2D eigenvalue weighted by Crippen LogP contribution is -2.67. The van der Waals surface area contributed by atoms with Gasteiger partial charge in [-0.25, -0.2) is 4.79 Å². The molecule has 1 saturated heterocycles. The normalized spacial score (nSPS) is 35.0. The number of amides is 2. The van der Waals surface area contributed by atoms with Crippen molar-refractivity contribution in [2.75, 3.05) is 20.1 Å². The van der Waals surface area contributed by atoms with Crippen LogP contribution in [0.2, 0.25) is 0 Å². The Morgan fingerprint density at radius 2 is 1.81 bits per heavy atom. The van der Waals surface area contributed by atoms with Gasteiger partial charge in [0.2, 0.25) is 5.91 Å². The number of nitrogens with one attached hydrogen (secondary N) is 1. The number of carbonyl (C=O) groups excluding carboxylic acids is 2. The summed E-state index contributed by atoms with van der Waals surface area (Å²) in [5.41, 5.74) is 0. The molecule has 0 radical (unpaired) electrons. The van der Waals surface area contributed by atoms with E-state index in [4.69, 9.17) is 16.3 Å². The minimum absolute atomic E-state index is 0.0310. The summed E-state index contributed by atoms with van der Waals surface area (Å²) in [4.78, 5) is 29.7. The van der Waals surface area contributed by atoms with Gasteiger partial charge in [-0.1, -0.05) is 33.1 Å². The topological polar surface area (TPSA) is 85.7 Å². The Morgan fingerprint density at radius 3 is 2.33 bits per heavy atom. The van der Waals surface area contributed by atoms with E-state index in [9.17, 15) is 14.9 Å². The molecule has 1 heterocycles. The van der Waals surface area contributed by atoms with Crippen molar-refractivity contribution in [1.29, 1.82) is 5.26 Å². The average Bonchev–Trinajstić information content (AvgIpc) is 3.64. The maximum Gasteiger partial charge on any atom is 0.410 e. The van der Waals surface area contributed by atoms with E-state index in [0.29, 0.717) is 37.6 Å². The first-order valence-corrected chi connectivity index (χ1v) is 14.6. The fourth-order valence-corrected chi connectivity index (χ4v) is 6.84. The predicted octanol–water partition coefficient (Wildman–Crippen LogP) is 5.17. The van der Waals surface area contributed by atoms with Gasteiger partial charge in [0.1, 0.15) is 6.10 Å². The molecule has 0 aromatic carbocycles. The van der Waals surface area contributed by atoms with Crippen LogP contribution < -0.4 is 5.32 Å². The van der Waals surface area contributed by atoms with E-state index in [1.54, 1.807) is 6.92 Å². The van der Waals surface area contributed by atoms with Gasteiger partial charge in [0.25, 0.3) is 0 Å². The third-order valence-corrected chi connectivity index (χ3v) is 9.24.